The summed E-state index contributed by atoms with van der Waals surface area (Å²) in [5.41, 5.74) is 9.58. The minimum absolute atomic E-state index is 0.304. The van der Waals surface area contributed by atoms with Gasteiger partial charge in [0.05, 0.1) is 11.7 Å². The van der Waals surface area contributed by atoms with E-state index in [4.69, 9.17) is 10.5 Å². The lowest BCUT2D eigenvalue weighted by molar-refractivity contribution is 0.482. The third kappa shape index (κ3) is 3.00. The first kappa shape index (κ1) is 16.8. The van der Waals surface area contributed by atoms with Crippen molar-refractivity contribution < 1.29 is 4.74 Å². The molecule has 1 saturated heterocycles. The predicted molar refractivity (Wildman–Crippen MR) is 112 cm³/mol. The highest BCUT2D eigenvalue weighted by atomic mass is 16.5. The van der Waals surface area contributed by atoms with Gasteiger partial charge in [0.1, 0.15) is 17.3 Å². The minimum atomic E-state index is 0.304. The molecule has 3 N–H and O–H groups in total. The van der Waals surface area contributed by atoms with Gasteiger partial charge in [-0.05, 0) is 55.3 Å². The fraction of sp³-hybridized carbons (Fsp3) is 0.174. The Bertz CT molecular complexity index is 1100. The molecule has 1 fully saturated rings. The van der Waals surface area contributed by atoms with Crippen LogP contribution in [0.3, 0.4) is 0 Å². The molecule has 5 rings (SSSR count). The molecule has 1 unspecified atom stereocenters. The predicted octanol–water partition coefficient (Wildman–Crippen LogP) is 4.96. The van der Waals surface area contributed by atoms with Gasteiger partial charge in [0.2, 0.25) is 0 Å². The van der Waals surface area contributed by atoms with Crippen molar-refractivity contribution in [1.29, 1.82) is 0 Å². The van der Waals surface area contributed by atoms with E-state index in [9.17, 15) is 0 Å². The van der Waals surface area contributed by atoms with Crippen LogP contribution >= 0.6 is 0 Å². The molecule has 2 aromatic carbocycles. The quantitative estimate of drug-likeness (QED) is 0.533. The van der Waals surface area contributed by atoms with Crippen LogP contribution in [-0.4, -0.2) is 16.1 Å². The molecule has 5 nitrogen and oxygen atoms in total. The van der Waals surface area contributed by atoms with E-state index >= 15 is 0 Å². The van der Waals surface area contributed by atoms with Crippen molar-refractivity contribution in [1.82, 2.24) is 14.9 Å². The van der Waals surface area contributed by atoms with Gasteiger partial charge in [-0.1, -0.05) is 30.3 Å². The molecule has 4 aromatic rings. The van der Waals surface area contributed by atoms with Gasteiger partial charge in [-0.25, -0.2) is 4.98 Å². The summed E-state index contributed by atoms with van der Waals surface area (Å²) in [6.07, 6.45) is 6.59. The van der Waals surface area contributed by atoms with Crippen molar-refractivity contribution in [2.75, 3.05) is 12.3 Å². The molecule has 28 heavy (non-hydrogen) atoms. The van der Waals surface area contributed by atoms with Crippen LogP contribution in [0.1, 0.15) is 19.0 Å². The molecule has 5 heteroatoms. The first-order valence-corrected chi connectivity index (χ1v) is 9.61. The summed E-state index contributed by atoms with van der Waals surface area (Å²) < 4.78 is 8.21. The molecule has 0 aliphatic carbocycles. The summed E-state index contributed by atoms with van der Waals surface area (Å²) in [5.74, 6) is 2.20. The van der Waals surface area contributed by atoms with Gasteiger partial charge in [0.25, 0.3) is 0 Å². The smallest absolute Gasteiger partial charge is 0.133 e. The molecule has 0 radical (unpaired) electrons. The van der Waals surface area contributed by atoms with Crippen LogP contribution in [0.15, 0.2) is 73.1 Å². The maximum Gasteiger partial charge on any atom is 0.133 e. The van der Waals surface area contributed by atoms with Crippen molar-refractivity contribution in [3.05, 3.63) is 73.1 Å². The molecule has 2 aromatic heterocycles. The summed E-state index contributed by atoms with van der Waals surface area (Å²) in [6, 6.07) is 20.0. The van der Waals surface area contributed by atoms with E-state index in [1.54, 1.807) is 6.20 Å². The van der Waals surface area contributed by atoms with Gasteiger partial charge in [-0.15, -0.1) is 0 Å². The third-order valence-corrected chi connectivity index (χ3v) is 5.29. The lowest BCUT2D eigenvalue weighted by Gasteiger charge is -2.14. The van der Waals surface area contributed by atoms with Crippen molar-refractivity contribution >= 4 is 16.7 Å². The van der Waals surface area contributed by atoms with Gasteiger partial charge < -0.3 is 15.0 Å². The zero-order valence-corrected chi connectivity index (χ0v) is 15.5. The number of hydrogen-bond acceptors (Lipinski definition) is 4. The fourth-order valence-electron chi connectivity index (χ4n) is 3.94. The number of nitrogens with two attached hydrogens (primary N) is 1. The van der Waals surface area contributed by atoms with Crippen molar-refractivity contribution in [2.45, 2.75) is 19.0 Å². The molecular weight excluding hydrogens is 348 g/mol. The number of para-hydroxylation sites is 1. The SMILES string of the molecule is Nc1nccc2c1c(-c1ccc(Oc3ccccc3)cc1)cn2C1CCCN1. The first-order chi connectivity index (χ1) is 13.8. The van der Waals surface area contributed by atoms with Gasteiger partial charge >= 0.3 is 0 Å². The molecular formula is C23H22N4O. The van der Waals surface area contributed by atoms with E-state index in [0.717, 1.165) is 46.5 Å². The molecule has 0 bridgehead atoms. The molecule has 0 amide bonds. The normalized spacial score (nSPS) is 16.5. The lowest BCUT2D eigenvalue weighted by atomic mass is 10.1. The number of nitrogens with zero attached hydrogens (tertiary/aromatic N) is 2. The number of nitrogens with one attached hydrogen (secondary N) is 1. The molecule has 0 spiro atoms. The van der Waals surface area contributed by atoms with Gasteiger partial charge in [0, 0.05) is 23.3 Å². The molecule has 1 atom stereocenters. The van der Waals surface area contributed by atoms with Gasteiger partial charge in [-0.3, -0.25) is 5.32 Å². The zero-order chi connectivity index (χ0) is 18.9. The Balaban J connectivity index is 1.53. The lowest BCUT2D eigenvalue weighted by Crippen LogP contribution is -2.18. The van der Waals surface area contributed by atoms with Gasteiger partial charge in [-0.2, -0.15) is 0 Å². The van der Waals surface area contributed by atoms with Crippen molar-refractivity contribution in [2.24, 2.45) is 0 Å². The monoisotopic (exact) mass is 370 g/mol. The van der Waals surface area contributed by atoms with Crippen LogP contribution < -0.4 is 15.8 Å². The maximum absolute atomic E-state index is 6.27. The summed E-state index contributed by atoms with van der Waals surface area (Å²) in [5, 5.41) is 4.57. The number of fused-ring (bicyclic) bond motifs is 1. The Kier molecular flexibility index (Phi) is 4.22. The highest BCUT2D eigenvalue weighted by Gasteiger charge is 2.21. The number of benzene rings is 2. The fourth-order valence-corrected chi connectivity index (χ4v) is 3.94. The Morgan fingerprint density at radius 2 is 1.79 bits per heavy atom. The molecule has 1 aliphatic heterocycles. The van der Waals surface area contributed by atoms with E-state index < -0.39 is 0 Å². The van der Waals surface area contributed by atoms with E-state index in [1.807, 2.05) is 48.5 Å². The first-order valence-electron chi connectivity index (χ1n) is 9.61. The number of rotatable bonds is 4. The molecule has 1 aliphatic rings. The Hall–Kier alpha value is -3.31. The van der Waals surface area contributed by atoms with Crippen LogP contribution in [0.5, 0.6) is 11.5 Å². The van der Waals surface area contributed by atoms with E-state index in [1.165, 1.54) is 6.42 Å². The average molecular weight is 370 g/mol. The number of pyridine rings is 1. The van der Waals surface area contributed by atoms with Crippen LogP contribution in [0.2, 0.25) is 0 Å². The number of ether oxygens (including phenoxy) is 1. The summed E-state index contributed by atoms with van der Waals surface area (Å²) >= 11 is 0. The Morgan fingerprint density at radius 1 is 1.00 bits per heavy atom. The highest BCUT2D eigenvalue weighted by molar-refractivity contribution is 6.02. The standard InChI is InChI=1S/C23H22N4O/c24-23-22-19(15-27(20(22)12-14-26-23)21-7-4-13-25-21)16-8-10-18(11-9-16)28-17-5-2-1-3-6-17/h1-3,5-6,8-12,14-15,21,25H,4,7,13H2,(H2,24,26). The molecule has 3 heterocycles. The average Bonchev–Trinajstić information content (AvgIpc) is 3.38. The third-order valence-electron chi connectivity index (χ3n) is 5.29. The molecule has 140 valence electrons. The summed E-state index contributed by atoms with van der Waals surface area (Å²) in [7, 11) is 0. The number of nitrogen functional groups attached to an aromatic ring is 1. The van der Waals surface area contributed by atoms with E-state index in [-0.39, 0.29) is 0 Å². The minimum Gasteiger partial charge on any atom is -0.457 e. The summed E-state index contributed by atoms with van der Waals surface area (Å²) in [6.45, 7) is 1.05. The highest BCUT2D eigenvalue weighted by Crippen LogP contribution is 2.37. The van der Waals surface area contributed by atoms with Gasteiger partial charge in [0.15, 0.2) is 0 Å². The zero-order valence-electron chi connectivity index (χ0n) is 15.5. The maximum atomic E-state index is 6.27. The molecule has 0 saturated carbocycles. The Morgan fingerprint density at radius 3 is 2.54 bits per heavy atom. The summed E-state index contributed by atoms with van der Waals surface area (Å²) in [4.78, 5) is 4.33. The number of anilines is 1. The van der Waals surface area contributed by atoms with Crippen LogP contribution in [0.4, 0.5) is 5.82 Å². The topological polar surface area (TPSA) is 65.1 Å². The van der Waals surface area contributed by atoms with E-state index in [2.05, 4.69) is 33.2 Å². The Labute approximate surface area is 163 Å². The van der Waals surface area contributed by atoms with Crippen LogP contribution in [-0.2, 0) is 0 Å². The van der Waals surface area contributed by atoms with Crippen molar-refractivity contribution in [3.8, 4) is 22.6 Å². The second kappa shape index (κ2) is 7.02. The van der Waals surface area contributed by atoms with Crippen LogP contribution in [0, 0.1) is 0 Å². The number of aromatic nitrogens is 2. The second-order valence-electron chi connectivity index (χ2n) is 7.09. The van der Waals surface area contributed by atoms with Crippen molar-refractivity contribution in [3.63, 3.8) is 0 Å². The number of hydrogen-bond donors (Lipinski definition) is 2. The largest absolute Gasteiger partial charge is 0.457 e. The van der Waals surface area contributed by atoms with E-state index in [0.29, 0.717) is 12.0 Å². The second-order valence-corrected chi connectivity index (χ2v) is 7.09. The van der Waals surface area contributed by atoms with Crippen LogP contribution in [0.25, 0.3) is 22.0 Å².